The number of rotatable bonds is 4. The molecule has 0 bridgehead atoms. The van der Waals surface area contributed by atoms with Crippen LogP contribution >= 0.6 is 11.6 Å². The highest BCUT2D eigenvalue weighted by Crippen LogP contribution is 2.34. The maximum absolute atomic E-state index is 13.1. The number of benzene rings is 1. The third kappa shape index (κ3) is 4.26. The van der Waals surface area contributed by atoms with Gasteiger partial charge in [-0.2, -0.15) is 5.10 Å². The van der Waals surface area contributed by atoms with Gasteiger partial charge < -0.3 is 11.1 Å². The summed E-state index contributed by atoms with van der Waals surface area (Å²) >= 11 is 6.54. The second-order valence-electron chi connectivity index (χ2n) is 8.37. The largest absolute Gasteiger partial charge is 0.382 e. The lowest BCUT2D eigenvalue weighted by Crippen LogP contribution is -2.37. The maximum Gasteiger partial charge on any atom is 0.273 e. The first-order valence-corrected chi connectivity index (χ1v) is 11.4. The van der Waals surface area contributed by atoms with Crippen LogP contribution in [0, 0.1) is 0 Å². The molecule has 1 saturated carbocycles. The highest BCUT2D eigenvalue weighted by molar-refractivity contribution is 6.35. The highest BCUT2D eigenvalue weighted by Gasteiger charge is 2.24. The van der Waals surface area contributed by atoms with Crippen LogP contribution in [0.25, 0.3) is 33.5 Å². The summed E-state index contributed by atoms with van der Waals surface area (Å²) in [5, 5.41) is 8.90. The van der Waals surface area contributed by atoms with Crippen LogP contribution < -0.4 is 11.1 Å². The Morgan fingerprint density at radius 2 is 1.97 bits per heavy atom. The summed E-state index contributed by atoms with van der Waals surface area (Å²) in [5.74, 6) is -0.240. The molecule has 3 aromatic heterocycles. The van der Waals surface area contributed by atoms with E-state index in [-0.39, 0.29) is 23.5 Å². The number of nitrogen functional groups attached to an aromatic ring is 1. The molecule has 168 valence electrons. The van der Waals surface area contributed by atoms with Crippen LogP contribution in [0.4, 0.5) is 5.82 Å². The molecular formula is C24H24ClN7O. The van der Waals surface area contributed by atoms with E-state index in [1.54, 1.807) is 16.9 Å². The van der Waals surface area contributed by atoms with Gasteiger partial charge >= 0.3 is 0 Å². The Balaban J connectivity index is 1.64. The van der Waals surface area contributed by atoms with E-state index in [1.807, 2.05) is 37.5 Å². The van der Waals surface area contributed by atoms with Gasteiger partial charge in [0.05, 0.1) is 16.2 Å². The van der Waals surface area contributed by atoms with Gasteiger partial charge in [-0.05, 0) is 37.1 Å². The molecule has 0 unspecified atom stereocenters. The number of nitrogens with zero attached hydrogens (tertiary/aromatic N) is 5. The molecule has 1 fully saturated rings. The molecule has 0 radical (unpaired) electrons. The Morgan fingerprint density at radius 1 is 1.15 bits per heavy atom. The van der Waals surface area contributed by atoms with Crippen molar-refractivity contribution in [3.05, 3.63) is 53.4 Å². The zero-order valence-corrected chi connectivity index (χ0v) is 19.0. The van der Waals surface area contributed by atoms with Crippen LogP contribution in [0.5, 0.6) is 0 Å². The van der Waals surface area contributed by atoms with Gasteiger partial charge in [0.25, 0.3) is 5.91 Å². The van der Waals surface area contributed by atoms with Crippen LogP contribution in [-0.4, -0.2) is 36.7 Å². The number of carbonyl (C=O) groups excluding carboxylic acids is 1. The van der Waals surface area contributed by atoms with Gasteiger partial charge in [-0.25, -0.2) is 9.97 Å². The van der Waals surface area contributed by atoms with Gasteiger partial charge in [0.2, 0.25) is 0 Å². The Labute approximate surface area is 196 Å². The van der Waals surface area contributed by atoms with Crippen molar-refractivity contribution in [2.45, 2.75) is 38.1 Å². The topological polar surface area (TPSA) is 112 Å². The standard InChI is InChI=1S/C24H24ClN7O/c1-32-11-9-18(31-32)21-20(15-12-14-6-5-10-27-19(14)17(25)13-15)29-22(23(26)30-21)24(33)28-16-7-3-2-4-8-16/h5-6,9-13,16H,2-4,7-8H2,1H3,(H2,26,30)(H,28,33). The van der Waals surface area contributed by atoms with Crippen LogP contribution in [0.3, 0.4) is 0 Å². The molecule has 1 aromatic carbocycles. The zero-order chi connectivity index (χ0) is 22.9. The number of nitrogens with one attached hydrogen (secondary N) is 1. The summed E-state index contributed by atoms with van der Waals surface area (Å²) in [6, 6.07) is 9.46. The molecule has 0 saturated heterocycles. The van der Waals surface area contributed by atoms with E-state index in [1.165, 1.54) is 6.42 Å². The molecule has 0 aliphatic heterocycles. The van der Waals surface area contributed by atoms with Crippen molar-refractivity contribution >= 4 is 34.2 Å². The van der Waals surface area contributed by atoms with E-state index < -0.39 is 0 Å². The number of pyridine rings is 1. The summed E-state index contributed by atoms with van der Waals surface area (Å²) in [4.78, 5) is 26.7. The number of aromatic nitrogens is 5. The molecule has 1 aliphatic carbocycles. The highest BCUT2D eigenvalue weighted by atomic mass is 35.5. The average molecular weight is 462 g/mol. The molecule has 3 heterocycles. The van der Waals surface area contributed by atoms with Gasteiger partial charge in [0, 0.05) is 36.4 Å². The SMILES string of the molecule is Cn1ccc(-c2nc(N)c(C(=O)NC3CCCCC3)nc2-c2cc(Cl)c3ncccc3c2)n1. The van der Waals surface area contributed by atoms with Crippen LogP contribution in [-0.2, 0) is 7.05 Å². The summed E-state index contributed by atoms with van der Waals surface area (Å²) in [5.41, 5.74) is 9.33. The Kier molecular flexibility index (Phi) is 5.68. The Bertz CT molecular complexity index is 1340. The smallest absolute Gasteiger partial charge is 0.273 e. The number of anilines is 1. The first kappa shape index (κ1) is 21.3. The van der Waals surface area contributed by atoms with E-state index in [4.69, 9.17) is 22.3 Å². The van der Waals surface area contributed by atoms with E-state index in [2.05, 4.69) is 20.4 Å². The van der Waals surface area contributed by atoms with E-state index in [0.717, 1.165) is 31.1 Å². The predicted molar refractivity (Wildman–Crippen MR) is 129 cm³/mol. The Hall–Kier alpha value is -3.52. The first-order valence-electron chi connectivity index (χ1n) is 11.0. The van der Waals surface area contributed by atoms with E-state index in [0.29, 0.717) is 33.2 Å². The van der Waals surface area contributed by atoms with Gasteiger partial charge in [-0.3, -0.25) is 14.5 Å². The second kappa shape index (κ2) is 8.78. The molecule has 8 nitrogen and oxygen atoms in total. The molecule has 1 aliphatic rings. The molecule has 1 amide bonds. The lowest BCUT2D eigenvalue weighted by molar-refractivity contribution is 0.0923. The van der Waals surface area contributed by atoms with Crippen LogP contribution in [0.1, 0.15) is 42.6 Å². The van der Waals surface area contributed by atoms with E-state index in [9.17, 15) is 4.79 Å². The molecule has 4 aromatic rings. The lowest BCUT2D eigenvalue weighted by atomic mass is 9.95. The van der Waals surface area contributed by atoms with E-state index >= 15 is 0 Å². The quantitative estimate of drug-likeness (QED) is 0.466. The molecule has 0 spiro atoms. The normalized spacial score (nSPS) is 14.5. The average Bonchev–Trinajstić information content (AvgIpc) is 3.25. The number of nitrogens with two attached hydrogens (primary N) is 1. The number of halogens is 1. The fourth-order valence-electron chi connectivity index (χ4n) is 4.32. The molecule has 3 N–H and O–H groups in total. The van der Waals surface area contributed by atoms with Crippen molar-refractivity contribution in [3.63, 3.8) is 0 Å². The minimum atomic E-state index is -0.311. The van der Waals surface area contributed by atoms with Gasteiger partial charge in [-0.1, -0.05) is 36.9 Å². The molecule has 33 heavy (non-hydrogen) atoms. The molecular weight excluding hydrogens is 438 g/mol. The molecule has 0 atom stereocenters. The number of fused-ring (bicyclic) bond motifs is 1. The number of aryl methyl sites for hydroxylation is 1. The third-order valence-corrected chi connectivity index (χ3v) is 6.25. The van der Waals surface area contributed by atoms with Crippen molar-refractivity contribution in [2.24, 2.45) is 7.05 Å². The minimum Gasteiger partial charge on any atom is -0.382 e. The fraction of sp³-hybridized carbons (Fsp3) is 0.292. The summed E-state index contributed by atoms with van der Waals surface area (Å²) in [7, 11) is 1.82. The zero-order valence-electron chi connectivity index (χ0n) is 18.3. The second-order valence-corrected chi connectivity index (χ2v) is 8.78. The fourth-order valence-corrected chi connectivity index (χ4v) is 4.60. The maximum atomic E-state index is 13.1. The van der Waals surface area contributed by atoms with Crippen molar-refractivity contribution < 1.29 is 4.79 Å². The number of carbonyl (C=O) groups is 1. The van der Waals surface area contributed by atoms with Crippen LogP contribution in [0.2, 0.25) is 5.02 Å². The number of hydrogen-bond donors (Lipinski definition) is 2. The van der Waals surface area contributed by atoms with Crippen LogP contribution in [0.15, 0.2) is 42.7 Å². The first-order chi connectivity index (χ1) is 16.0. The number of amides is 1. The van der Waals surface area contributed by atoms with Gasteiger partial charge in [-0.15, -0.1) is 0 Å². The van der Waals surface area contributed by atoms with Crippen molar-refractivity contribution in [1.82, 2.24) is 30.0 Å². The monoisotopic (exact) mass is 461 g/mol. The van der Waals surface area contributed by atoms with Crippen molar-refractivity contribution in [2.75, 3.05) is 5.73 Å². The Morgan fingerprint density at radius 3 is 2.73 bits per heavy atom. The van der Waals surface area contributed by atoms with Gasteiger partial charge in [0.1, 0.15) is 11.4 Å². The molecule has 9 heteroatoms. The van der Waals surface area contributed by atoms with Gasteiger partial charge in [0.15, 0.2) is 11.5 Å². The van der Waals surface area contributed by atoms with Crippen molar-refractivity contribution in [3.8, 4) is 22.6 Å². The summed E-state index contributed by atoms with van der Waals surface area (Å²) in [6.07, 6.45) is 8.87. The number of hydrogen-bond acceptors (Lipinski definition) is 6. The predicted octanol–water partition coefficient (Wildman–Crippen LogP) is 4.39. The molecule has 5 rings (SSSR count). The summed E-state index contributed by atoms with van der Waals surface area (Å²) < 4.78 is 1.68. The minimum absolute atomic E-state index is 0.0706. The summed E-state index contributed by atoms with van der Waals surface area (Å²) in [6.45, 7) is 0. The van der Waals surface area contributed by atoms with Crippen molar-refractivity contribution in [1.29, 1.82) is 0 Å². The lowest BCUT2D eigenvalue weighted by Gasteiger charge is -2.23. The third-order valence-electron chi connectivity index (χ3n) is 5.97.